The fraction of sp³-hybridized carbons (Fsp3) is 0.733. The lowest BCUT2D eigenvalue weighted by molar-refractivity contribution is -0.149. The molecule has 0 spiro atoms. The third-order valence-corrected chi connectivity index (χ3v) is 4.83. The monoisotopic (exact) mass is 277 g/mol. The molecule has 5 nitrogen and oxygen atoms in total. The zero-order valence-corrected chi connectivity index (χ0v) is 12.3. The van der Waals surface area contributed by atoms with E-state index in [1.54, 1.807) is 0 Å². The first kappa shape index (κ1) is 13.6. The molecule has 110 valence electrons. The Labute approximate surface area is 119 Å². The summed E-state index contributed by atoms with van der Waals surface area (Å²) < 4.78 is 6.82. The van der Waals surface area contributed by atoms with E-state index in [-0.39, 0.29) is 11.9 Å². The number of piperidine rings is 1. The largest absolute Gasteiger partial charge is 0.469 e. The molecule has 2 heterocycles. The summed E-state index contributed by atoms with van der Waals surface area (Å²) in [7, 11) is 3.64. The van der Waals surface area contributed by atoms with Gasteiger partial charge in [0.05, 0.1) is 25.3 Å². The van der Waals surface area contributed by atoms with Gasteiger partial charge in [0.2, 0.25) is 0 Å². The number of ether oxygens (including phenoxy) is 1. The Hall–Kier alpha value is -1.36. The summed E-state index contributed by atoms with van der Waals surface area (Å²) in [4.78, 5) is 13.8. The maximum atomic E-state index is 11.4. The lowest BCUT2D eigenvalue weighted by Crippen LogP contribution is -2.33. The summed E-state index contributed by atoms with van der Waals surface area (Å²) in [5.74, 6) is 0.640. The predicted octanol–water partition coefficient (Wildman–Crippen LogP) is 1.82. The van der Waals surface area contributed by atoms with Gasteiger partial charge < -0.3 is 9.64 Å². The fourth-order valence-corrected chi connectivity index (χ4v) is 3.27. The number of esters is 1. The highest BCUT2D eigenvalue weighted by molar-refractivity contribution is 5.73. The van der Waals surface area contributed by atoms with Gasteiger partial charge in [-0.1, -0.05) is 0 Å². The number of aromatic nitrogens is 2. The molecule has 0 aromatic carbocycles. The third-order valence-electron chi connectivity index (χ3n) is 4.83. The van der Waals surface area contributed by atoms with Crippen LogP contribution in [0.25, 0.3) is 0 Å². The highest BCUT2D eigenvalue weighted by atomic mass is 16.5. The molecule has 0 bridgehead atoms. The minimum Gasteiger partial charge on any atom is -0.469 e. The first-order valence-electron chi connectivity index (χ1n) is 7.47. The topological polar surface area (TPSA) is 47.4 Å². The number of hydrogen-bond donors (Lipinski definition) is 0. The maximum absolute atomic E-state index is 11.4. The Morgan fingerprint density at radius 1 is 1.35 bits per heavy atom. The van der Waals surface area contributed by atoms with Gasteiger partial charge in [0.1, 0.15) is 0 Å². The Kier molecular flexibility index (Phi) is 3.78. The van der Waals surface area contributed by atoms with E-state index in [1.165, 1.54) is 38.6 Å². The molecule has 5 heteroatoms. The molecule has 0 atom stereocenters. The second-order valence-corrected chi connectivity index (χ2v) is 6.18. The zero-order chi connectivity index (χ0) is 14.1. The molecule has 2 aliphatic rings. The second-order valence-electron chi connectivity index (χ2n) is 6.18. The van der Waals surface area contributed by atoms with Crippen molar-refractivity contribution in [1.82, 2.24) is 14.7 Å². The van der Waals surface area contributed by atoms with Crippen LogP contribution in [0.3, 0.4) is 0 Å². The van der Waals surface area contributed by atoms with Crippen molar-refractivity contribution in [2.75, 3.05) is 27.2 Å². The van der Waals surface area contributed by atoms with Crippen LogP contribution in [-0.2, 0) is 9.53 Å². The minimum atomic E-state index is -0.0797. The molecule has 0 radical (unpaired) electrons. The van der Waals surface area contributed by atoms with Gasteiger partial charge in [0.25, 0.3) is 0 Å². The van der Waals surface area contributed by atoms with Gasteiger partial charge in [-0.05, 0) is 57.3 Å². The molecule has 1 saturated carbocycles. The van der Waals surface area contributed by atoms with Gasteiger partial charge in [-0.3, -0.25) is 9.48 Å². The minimum absolute atomic E-state index is 0.0704. The number of nitrogens with zero attached hydrogens (tertiary/aromatic N) is 3. The van der Waals surface area contributed by atoms with E-state index in [0.717, 1.165) is 12.8 Å². The summed E-state index contributed by atoms with van der Waals surface area (Å²) in [5, 5.41) is 4.50. The van der Waals surface area contributed by atoms with Crippen molar-refractivity contribution < 1.29 is 9.53 Å². The standard InChI is InChI=1S/C15H23N3O2/c1-17-5-3-11(4-6-17)13-9-16-18(10-13)14-7-12(8-14)15(19)20-2/h9-12,14H,3-8H2,1-2H3. The van der Waals surface area contributed by atoms with Crippen molar-refractivity contribution in [3.63, 3.8) is 0 Å². The predicted molar refractivity (Wildman–Crippen MR) is 75.5 cm³/mol. The molecular formula is C15H23N3O2. The summed E-state index contributed by atoms with van der Waals surface area (Å²) in [6.45, 7) is 2.34. The number of carbonyl (C=O) groups is 1. The summed E-state index contributed by atoms with van der Waals surface area (Å²) in [6, 6.07) is 0.374. The second kappa shape index (κ2) is 5.56. The van der Waals surface area contributed by atoms with Crippen molar-refractivity contribution in [3.8, 4) is 0 Å². The van der Waals surface area contributed by atoms with E-state index >= 15 is 0 Å². The molecule has 0 N–H and O–H groups in total. The van der Waals surface area contributed by atoms with Crippen LogP contribution in [0.1, 0.15) is 43.2 Å². The summed E-state index contributed by atoms with van der Waals surface area (Å²) in [6.07, 6.45) is 8.37. The van der Waals surface area contributed by atoms with E-state index in [0.29, 0.717) is 12.0 Å². The van der Waals surface area contributed by atoms with Gasteiger partial charge in [0.15, 0.2) is 0 Å². The molecular weight excluding hydrogens is 254 g/mol. The van der Waals surface area contributed by atoms with E-state index in [4.69, 9.17) is 4.74 Å². The highest BCUT2D eigenvalue weighted by Gasteiger charge is 2.37. The van der Waals surface area contributed by atoms with Gasteiger partial charge in [0, 0.05) is 6.20 Å². The van der Waals surface area contributed by atoms with Crippen LogP contribution < -0.4 is 0 Å². The molecule has 3 rings (SSSR count). The first-order valence-corrected chi connectivity index (χ1v) is 7.47. The Balaban J connectivity index is 1.57. The number of rotatable bonds is 3. The third kappa shape index (κ3) is 2.59. The SMILES string of the molecule is COC(=O)C1CC(n2cc(C3CCN(C)CC3)cn2)C1. The van der Waals surface area contributed by atoms with Crippen LogP contribution in [0.2, 0.25) is 0 Å². The Bertz CT molecular complexity index is 471. The van der Waals surface area contributed by atoms with Crippen LogP contribution in [0.15, 0.2) is 12.4 Å². The van der Waals surface area contributed by atoms with Crippen LogP contribution >= 0.6 is 0 Å². The van der Waals surface area contributed by atoms with Crippen molar-refractivity contribution >= 4 is 5.97 Å². The van der Waals surface area contributed by atoms with Crippen LogP contribution in [0.4, 0.5) is 0 Å². The maximum Gasteiger partial charge on any atom is 0.308 e. The number of likely N-dealkylation sites (tertiary alicyclic amines) is 1. The average molecular weight is 277 g/mol. The molecule has 2 fully saturated rings. The first-order chi connectivity index (χ1) is 9.67. The lowest BCUT2D eigenvalue weighted by Gasteiger charge is -2.33. The van der Waals surface area contributed by atoms with Gasteiger partial charge >= 0.3 is 5.97 Å². The van der Waals surface area contributed by atoms with Crippen molar-refractivity contribution in [3.05, 3.63) is 18.0 Å². The molecule has 1 aromatic rings. The molecule has 1 aliphatic carbocycles. The quantitative estimate of drug-likeness (QED) is 0.791. The number of hydrogen-bond acceptors (Lipinski definition) is 4. The van der Waals surface area contributed by atoms with Crippen LogP contribution in [0, 0.1) is 5.92 Å². The zero-order valence-electron chi connectivity index (χ0n) is 12.3. The number of carbonyl (C=O) groups excluding carboxylic acids is 1. The molecule has 0 amide bonds. The van der Waals surface area contributed by atoms with E-state index < -0.39 is 0 Å². The Morgan fingerprint density at radius 3 is 2.70 bits per heavy atom. The molecule has 1 aliphatic heterocycles. The van der Waals surface area contributed by atoms with Crippen molar-refractivity contribution in [1.29, 1.82) is 0 Å². The summed E-state index contributed by atoms with van der Waals surface area (Å²) in [5.41, 5.74) is 1.36. The lowest BCUT2D eigenvalue weighted by atomic mass is 9.80. The van der Waals surface area contributed by atoms with Crippen LogP contribution in [-0.4, -0.2) is 47.9 Å². The van der Waals surface area contributed by atoms with Crippen LogP contribution in [0.5, 0.6) is 0 Å². The highest BCUT2D eigenvalue weighted by Crippen LogP contribution is 2.38. The van der Waals surface area contributed by atoms with Crippen molar-refractivity contribution in [2.45, 2.75) is 37.6 Å². The normalized spacial score (nSPS) is 28.1. The average Bonchev–Trinajstić information content (AvgIpc) is 2.87. The summed E-state index contributed by atoms with van der Waals surface area (Å²) >= 11 is 0. The smallest absolute Gasteiger partial charge is 0.308 e. The molecule has 0 unspecified atom stereocenters. The van der Waals surface area contributed by atoms with Gasteiger partial charge in [-0.15, -0.1) is 0 Å². The number of methoxy groups -OCH3 is 1. The van der Waals surface area contributed by atoms with E-state index in [2.05, 4.69) is 23.2 Å². The van der Waals surface area contributed by atoms with Crippen molar-refractivity contribution in [2.24, 2.45) is 5.92 Å². The fourth-order valence-electron chi connectivity index (χ4n) is 3.27. The van der Waals surface area contributed by atoms with Gasteiger partial charge in [-0.25, -0.2) is 0 Å². The molecule has 1 aromatic heterocycles. The van der Waals surface area contributed by atoms with Gasteiger partial charge in [-0.2, -0.15) is 5.10 Å². The van der Waals surface area contributed by atoms with E-state index in [9.17, 15) is 4.79 Å². The Morgan fingerprint density at radius 2 is 2.05 bits per heavy atom. The molecule has 20 heavy (non-hydrogen) atoms. The molecule has 1 saturated heterocycles. The van der Waals surface area contributed by atoms with E-state index in [1.807, 2.05) is 10.9 Å².